The van der Waals surface area contributed by atoms with Gasteiger partial charge in [-0.25, -0.2) is 0 Å². The van der Waals surface area contributed by atoms with Gasteiger partial charge in [0.1, 0.15) is 17.5 Å². The molecule has 0 aromatic heterocycles. The summed E-state index contributed by atoms with van der Waals surface area (Å²) in [5.41, 5.74) is 8.79. The van der Waals surface area contributed by atoms with Crippen molar-refractivity contribution in [1.29, 1.82) is 0 Å². The van der Waals surface area contributed by atoms with E-state index in [0.29, 0.717) is 6.42 Å². The van der Waals surface area contributed by atoms with E-state index >= 15 is 0 Å². The Morgan fingerprint density at radius 3 is 2.24 bits per heavy atom. The highest BCUT2D eigenvalue weighted by Crippen LogP contribution is 2.43. The SMILES string of the molecule is COC(=O)[C@@H]1Cc2c(cc(C)c(C)c2OC)[C@H]([C@@H]2Cc3cc(C)c(C)c(OC)c3[C@@H](CO)N2)N1. The molecular weight excluding hydrogens is 432 g/mol. The smallest absolute Gasteiger partial charge is 0.323 e. The van der Waals surface area contributed by atoms with E-state index in [1.54, 1.807) is 14.2 Å². The van der Waals surface area contributed by atoms with Crippen LogP contribution in [0.4, 0.5) is 0 Å². The predicted molar refractivity (Wildman–Crippen MR) is 131 cm³/mol. The second-order valence-electron chi connectivity index (χ2n) is 9.48. The molecule has 2 aliphatic heterocycles. The lowest BCUT2D eigenvalue weighted by Gasteiger charge is -2.42. The van der Waals surface area contributed by atoms with Gasteiger partial charge >= 0.3 is 5.97 Å². The van der Waals surface area contributed by atoms with Crippen LogP contribution in [0, 0.1) is 27.7 Å². The number of fused-ring (bicyclic) bond motifs is 2. The number of carbonyl (C=O) groups excluding carboxylic acids is 1. The molecule has 0 amide bonds. The van der Waals surface area contributed by atoms with Crippen molar-refractivity contribution in [3.8, 4) is 11.5 Å². The van der Waals surface area contributed by atoms with Gasteiger partial charge in [-0.2, -0.15) is 0 Å². The highest BCUT2D eigenvalue weighted by Gasteiger charge is 2.41. The Morgan fingerprint density at radius 2 is 1.62 bits per heavy atom. The minimum atomic E-state index is -0.483. The second kappa shape index (κ2) is 9.56. The maximum Gasteiger partial charge on any atom is 0.323 e. The van der Waals surface area contributed by atoms with Gasteiger partial charge in [0.05, 0.1) is 34.0 Å². The molecule has 184 valence electrons. The van der Waals surface area contributed by atoms with Crippen LogP contribution in [0.2, 0.25) is 0 Å². The quantitative estimate of drug-likeness (QED) is 0.582. The fourth-order valence-corrected chi connectivity index (χ4v) is 5.71. The zero-order valence-corrected chi connectivity index (χ0v) is 21.2. The van der Waals surface area contributed by atoms with Crippen LogP contribution >= 0.6 is 0 Å². The summed E-state index contributed by atoms with van der Waals surface area (Å²) in [7, 11) is 4.78. The van der Waals surface area contributed by atoms with Crippen molar-refractivity contribution < 1.29 is 24.1 Å². The summed E-state index contributed by atoms with van der Waals surface area (Å²) < 4.78 is 16.7. The summed E-state index contributed by atoms with van der Waals surface area (Å²) in [6.45, 7) is 8.21. The van der Waals surface area contributed by atoms with Crippen molar-refractivity contribution in [2.24, 2.45) is 0 Å². The Hall–Kier alpha value is -2.61. The van der Waals surface area contributed by atoms with Crippen LogP contribution in [0.3, 0.4) is 0 Å². The zero-order valence-electron chi connectivity index (χ0n) is 21.2. The van der Waals surface area contributed by atoms with Gasteiger partial charge in [0.25, 0.3) is 0 Å². The Kier molecular flexibility index (Phi) is 6.90. The van der Waals surface area contributed by atoms with Gasteiger partial charge in [-0.15, -0.1) is 0 Å². The number of benzene rings is 2. The van der Waals surface area contributed by atoms with Gasteiger partial charge in [0.15, 0.2) is 0 Å². The van der Waals surface area contributed by atoms with Gasteiger partial charge in [-0.1, -0.05) is 12.1 Å². The lowest BCUT2D eigenvalue weighted by atomic mass is 9.78. The first-order valence-corrected chi connectivity index (χ1v) is 11.8. The van der Waals surface area contributed by atoms with E-state index in [2.05, 4.69) is 36.6 Å². The maximum absolute atomic E-state index is 12.6. The van der Waals surface area contributed by atoms with Gasteiger partial charge < -0.3 is 24.6 Å². The van der Waals surface area contributed by atoms with Crippen LogP contribution in [-0.2, 0) is 22.4 Å². The van der Waals surface area contributed by atoms with Gasteiger partial charge in [0.2, 0.25) is 0 Å². The van der Waals surface area contributed by atoms with Gasteiger partial charge in [-0.05, 0) is 67.5 Å². The highest BCUT2D eigenvalue weighted by molar-refractivity contribution is 5.77. The van der Waals surface area contributed by atoms with E-state index in [-0.39, 0.29) is 30.7 Å². The summed E-state index contributed by atoms with van der Waals surface area (Å²) >= 11 is 0. The van der Waals surface area contributed by atoms with Crippen LogP contribution in [0.25, 0.3) is 0 Å². The van der Waals surface area contributed by atoms with Gasteiger partial charge in [-0.3, -0.25) is 10.1 Å². The van der Waals surface area contributed by atoms with Crippen molar-refractivity contribution in [2.45, 2.75) is 64.7 Å². The summed E-state index contributed by atoms with van der Waals surface area (Å²) in [6, 6.07) is 3.41. The van der Waals surface area contributed by atoms with E-state index in [1.807, 2.05) is 13.8 Å². The first-order valence-electron chi connectivity index (χ1n) is 11.8. The van der Waals surface area contributed by atoms with E-state index in [9.17, 15) is 9.90 Å². The number of aliphatic hydroxyl groups is 1. The molecule has 2 heterocycles. The van der Waals surface area contributed by atoms with Gasteiger partial charge in [0, 0.05) is 29.6 Å². The van der Waals surface area contributed by atoms with Crippen LogP contribution < -0.4 is 20.1 Å². The maximum atomic E-state index is 12.6. The molecule has 34 heavy (non-hydrogen) atoms. The van der Waals surface area contributed by atoms with Crippen LogP contribution in [-0.4, -0.2) is 51.1 Å². The average molecular weight is 469 g/mol. The molecule has 0 saturated heterocycles. The number of ether oxygens (including phenoxy) is 3. The fraction of sp³-hybridized carbons (Fsp3) is 0.519. The third-order valence-electron chi connectivity index (χ3n) is 7.65. The van der Waals surface area contributed by atoms with Crippen molar-refractivity contribution >= 4 is 5.97 Å². The Bertz CT molecular complexity index is 1110. The lowest BCUT2D eigenvalue weighted by molar-refractivity contribution is -0.143. The third kappa shape index (κ3) is 3.96. The number of nitrogens with one attached hydrogen (secondary N) is 2. The first kappa shape index (κ1) is 24.5. The molecule has 2 aromatic carbocycles. The highest BCUT2D eigenvalue weighted by atomic mass is 16.5. The topological polar surface area (TPSA) is 89.1 Å². The molecule has 0 aliphatic carbocycles. The Balaban J connectivity index is 1.84. The molecule has 2 aliphatic rings. The number of hydrogen-bond donors (Lipinski definition) is 3. The predicted octanol–water partition coefficient (Wildman–Crippen LogP) is 2.91. The molecule has 3 N–H and O–H groups in total. The van der Waals surface area contributed by atoms with Crippen molar-refractivity contribution in [3.63, 3.8) is 0 Å². The zero-order chi connectivity index (χ0) is 24.7. The van der Waals surface area contributed by atoms with Crippen LogP contribution in [0.15, 0.2) is 12.1 Å². The molecule has 2 aromatic rings. The largest absolute Gasteiger partial charge is 0.496 e. The summed E-state index contributed by atoms with van der Waals surface area (Å²) in [6.07, 6.45) is 1.23. The molecular formula is C27H36N2O5. The summed E-state index contributed by atoms with van der Waals surface area (Å²) in [5.74, 6) is 1.37. The van der Waals surface area contributed by atoms with Crippen LogP contribution in [0.5, 0.6) is 11.5 Å². The standard InChI is InChI=1S/C27H36N2O5/c1-13-8-17-10-20(28-22(12-30)23(17)26(33-6)16(13)4)24-18-9-14(2)15(3)25(32-5)19(18)11-21(29-24)27(31)34-7/h8-9,20-22,24,28-30H,10-12H2,1-7H3/t20-,21-,22+,24+/m0/s1. The summed E-state index contributed by atoms with van der Waals surface area (Å²) in [5, 5.41) is 17.5. The molecule has 7 heteroatoms. The fourth-order valence-electron chi connectivity index (χ4n) is 5.71. The first-order chi connectivity index (χ1) is 16.2. The summed E-state index contributed by atoms with van der Waals surface area (Å²) in [4.78, 5) is 12.6. The monoisotopic (exact) mass is 468 g/mol. The average Bonchev–Trinajstić information content (AvgIpc) is 2.84. The lowest BCUT2D eigenvalue weighted by Crippen LogP contribution is -2.55. The number of esters is 1. The molecule has 4 atom stereocenters. The minimum Gasteiger partial charge on any atom is -0.496 e. The number of carbonyl (C=O) groups is 1. The third-order valence-corrected chi connectivity index (χ3v) is 7.65. The second-order valence-corrected chi connectivity index (χ2v) is 9.48. The molecule has 4 rings (SSSR count). The van der Waals surface area contributed by atoms with Crippen LogP contribution in [0.1, 0.15) is 56.6 Å². The minimum absolute atomic E-state index is 0.0569. The molecule has 0 bridgehead atoms. The Labute approximate surface area is 201 Å². The van der Waals surface area contributed by atoms with E-state index in [0.717, 1.165) is 62.4 Å². The number of methoxy groups -OCH3 is 3. The molecule has 0 radical (unpaired) electrons. The number of aryl methyl sites for hydroxylation is 2. The van der Waals surface area contributed by atoms with Crippen molar-refractivity contribution in [1.82, 2.24) is 10.6 Å². The van der Waals surface area contributed by atoms with Crippen molar-refractivity contribution in [3.05, 3.63) is 56.6 Å². The molecule has 0 saturated carbocycles. The van der Waals surface area contributed by atoms with E-state index in [1.165, 1.54) is 7.11 Å². The number of rotatable bonds is 5. The number of aliphatic hydroxyl groups excluding tert-OH is 1. The van der Waals surface area contributed by atoms with E-state index in [4.69, 9.17) is 14.2 Å². The molecule has 0 spiro atoms. The Morgan fingerprint density at radius 1 is 0.971 bits per heavy atom. The normalized spacial score (nSPS) is 23.6. The molecule has 0 fully saturated rings. The molecule has 0 unspecified atom stereocenters. The molecule has 7 nitrogen and oxygen atoms in total. The number of hydrogen-bond acceptors (Lipinski definition) is 7. The van der Waals surface area contributed by atoms with E-state index < -0.39 is 6.04 Å². The van der Waals surface area contributed by atoms with Crippen molar-refractivity contribution in [2.75, 3.05) is 27.9 Å².